The zero-order valence-corrected chi connectivity index (χ0v) is 18.8. The predicted octanol–water partition coefficient (Wildman–Crippen LogP) is 2.92. The van der Waals surface area contributed by atoms with Crippen molar-refractivity contribution in [2.45, 2.75) is 65.3 Å². The van der Waals surface area contributed by atoms with Crippen molar-refractivity contribution in [3.63, 3.8) is 0 Å². The van der Waals surface area contributed by atoms with Crippen LogP contribution in [0.25, 0.3) is 0 Å². The molecule has 0 spiro atoms. The standard InChI is InChI=1S/C24H36N2O4/c1-15(27)30-14-21(28)25-13-16-5-7-18-17-6-8-20-24(3,12-10-22(29)26(20)4)19(17)9-11-23(16,18)2/h10,12,16-20H,5-9,11,13-14H2,1-4H3,(H,25,28)/t16-,17+,18+,19+,20-,23-,24-/m1/s1. The Morgan fingerprint density at radius 2 is 1.93 bits per heavy atom. The number of nitrogens with one attached hydrogen (secondary N) is 1. The normalized spacial score (nSPS) is 42.2. The molecule has 1 aliphatic heterocycles. The highest BCUT2D eigenvalue weighted by atomic mass is 16.5. The molecule has 0 unspecified atom stereocenters. The SMILES string of the molecule is CC(=O)OCC(=O)NC[C@H]1CC[C@H]2[C@@H]3CC[C@H]4N(C)C(=O)C=C[C@]4(C)[C@H]3CC[C@]12C. The van der Waals surface area contributed by atoms with E-state index >= 15 is 0 Å². The number of carbonyl (C=O) groups excluding carboxylic acids is 3. The Bertz CT molecular complexity index is 764. The largest absolute Gasteiger partial charge is 0.456 e. The summed E-state index contributed by atoms with van der Waals surface area (Å²) in [5, 5.41) is 3.00. The van der Waals surface area contributed by atoms with Gasteiger partial charge in [0, 0.05) is 32.0 Å². The van der Waals surface area contributed by atoms with Crippen LogP contribution in [0.3, 0.4) is 0 Å². The first-order valence-electron chi connectivity index (χ1n) is 11.5. The minimum atomic E-state index is -0.426. The van der Waals surface area contributed by atoms with E-state index < -0.39 is 5.97 Å². The molecule has 4 aliphatic rings. The molecule has 6 heteroatoms. The van der Waals surface area contributed by atoms with Crippen LogP contribution in [0.2, 0.25) is 0 Å². The van der Waals surface area contributed by atoms with Gasteiger partial charge in [0.25, 0.3) is 5.91 Å². The fraction of sp³-hybridized carbons (Fsp3) is 0.792. The molecule has 0 bridgehead atoms. The maximum Gasteiger partial charge on any atom is 0.303 e. The van der Waals surface area contributed by atoms with Gasteiger partial charge in [-0.05, 0) is 73.7 Å². The van der Waals surface area contributed by atoms with E-state index in [9.17, 15) is 14.4 Å². The quantitative estimate of drug-likeness (QED) is 0.715. The third-order valence-corrected chi connectivity index (χ3v) is 9.28. The van der Waals surface area contributed by atoms with Gasteiger partial charge in [-0.3, -0.25) is 14.4 Å². The minimum Gasteiger partial charge on any atom is -0.456 e. The van der Waals surface area contributed by atoms with Gasteiger partial charge in [-0.1, -0.05) is 19.9 Å². The van der Waals surface area contributed by atoms with Crippen LogP contribution in [0, 0.1) is 34.5 Å². The minimum absolute atomic E-state index is 0.0727. The number of ether oxygens (including phenoxy) is 1. The first-order valence-corrected chi connectivity index (χ1v) is 11.5. The second-order valence-electron chi connectivity index (χ2n) is 10.5. The van der Waals surface area contributed by atoms with E-state index in [4.69, 9.17) is 4.74 Å². The summed E-state index contributed by atoms with van der Waals surface area (Å²) in [5.74, 6) is 1.98. The van der Waals surface area contributed by atoms with E-state index in [1.807, 2.05) is 11.9 Å². The first kappa shape index (κ1) is 21.4. The lowest BCUT2D eigenvalue weighted by atomic mass is 9.47. The smallest absolute Gasteiger partial charge is 0.303 e. The lowest BCUT2D eigenvalue weighted by Gasteiger charge is -2.60. The lowest BCUT2D eigenvalue weighted by molar-refractivity contribution is -0.146. The van der Waals surface area contributed by atoms with Gasteiger partial charge in [0.1, 0.15) is 0 Å². The van der Waals surface area contributed by atoms with Gasteiger partial charge in [-0.2, -0.15) is 0 Å². The highest BCUT2D eigenvalue weighted by Crippen LogP contribution is 2.65. The summed E-state index contributed by atoms with van der Waals surface area (Å²) in [6.45, 7) is 6.61. The molecule has 0 radical (unpaired) electrons. The first-order chi connectivity index (χ1) is 14.2. The van der Waals surface area contributed by atoms with Gasteiger partial charge in [0.05, 0.1) is 0 Å². The van der Waals surface area contributed by atoms with E-state index in [1.54, 1.807) is 6.08 Å². The topological polar surface area (TPSA) is 75.7 Å². The summed E-state index contributed by atoms with van der Waals surface area (Å²) in [4.78, 5) is 37.1. The van der Waals surface area contributed by atoms with E-state index in [0.29, 0.717) is 36.3 Å². The molecule has 3 fully saturated rings. The van der Waals surface area contributed by atoms with Crippen LogP contribution >= 0.6 is 0 Å². The Morgan fingerprint density at radius 1 is 1.17 bits per heavy atom. The molecule has 3 saturated carbocycles. The molecule has 30 heavy (non-hydrogen) atoms. The van der Waals surface area contributed by atoms with Gasteiger partial charge in [-0.15, -0.1) is 0 Å². The van der Waals surface area contributed by atoms with Gasteiger partial charge in [0.15, 0.2) is 6.61 Å². The number of esters is 1. The number of rotatable bonds is 4. The Kier molecular flexibility index (Phi) is 5.48. The van der Waals surface area contributed by atoms with Crippen molar-refractivity contribution in [3.8, 4) is 0 Å². The Hall–Kier alpha value is -1.85. The number of amides is 2. The van der Waals surface area contributed by atoms with Gasteiger partial charge < -0.3 is 15.0 Å². The number of carbonyl (C=O) groups is 3. The third-order valence-electron chi connectivity index (χ3n) is 9.28. The Labute approximate surface area is 179 Å². The average Bonchev–Trinajstić information content (AvgIpc) is 3.04. The molecule has 4 rings (SSSR count). The number of hydrogen-bond donors (Lipinski definition) is 1. The second kappa shape index (κ2) is 7.69. The lowest BCUT2D eigenvalue weighted by Crippen LogP contribution is -2.59. The van der Waals surface area contributed by atoms with Crippen molar-refractivity contribution >= 4 is 17.8 Å². The predicted molar refractivity (Wildman–Crippen MR) is 113 cm³/mol. The van der Waals surface area contributed by atoms with Crippen molar-refractivity contribution in [2.75, 3.05) is 20.2 Å². The fourth-order valence-corrected chi connectivity index (χ4v) is 7.64. The molecule has 1 N–H and O–H groups in total. The zero-order chi connectivity index (χ0) is 21.7. The number of nitrogens with zero attached hydrogens (tertiary/aromatic N) is 1. The number of fused-ring (bicyclic) bond motifs is 5. The molecule has 6 nitrogen and oxygen atoms in total. The summed E-state index contributed by atoms with van der Waals surface area (Å²) in [7, 11) is 1.96. The van der Waals surface area contributed by atoms with Crippen LogP contribution in [0.4, 0.5) is 0 Å². The summed E-state index contributed by atoms with van der Waals surface area (Å²) < 4.78 is 4.81. The average molecular weight is 417 g/mol. The van der Waals surface area contributed by atoms with Crippen LogP contribution in [0.1, 0.15) is 59.3 Å². The summed E-state index contributed by atoms with van der Waals surface area (Å²) >= 11 is 0. The van der Waals surface area contributed by atoms with Crippen LogP contribution < -0.4 is 5.32 Å². The number of hydrogen-bond acceptors (Lipinski definition) is 4. The van der Waals surface area contributed by atoms with E-state index in [0.717, 1.165) is 12.8 Å². The van der Waals surface area contributed by atoms with Crippen LogP contribution in [0.5, 0.6) is 0 Å². The summed E-state index contributed by atoms with van der Waals surface area (Å²) in [5.41, 5.74) is 0.322. The van der Waals surface area contributed by atoms with Crippen molar-refractivity contribution in [3.05, 3.63) is 12.2 Å². The van der Waals surface area contributed by atoms with Crippen molar-refractivity contribution in [2.24, 2.45) is 34.5 Å². The van der Waals surface area contributed by atoms with E-state index in [1.165, 1.54) is 32.6 Å². The van der Waals surface area contributed by atoms with Crippen LogP contribution in [0.15, 0.2) is 12.2 Å². The highest BCUT2D eigenvalue weighted by molar-refractivity contribution is 5.89. The monoisotopic (exact) mass is 416 g/mol. The van der Waals surface area contributed by atoms with E-state index in [2.05, 4.69) is 25.2 Å². The molecule has 7 atom stereocenters. The molecule has 2 amide bonds. The molecule has 166 valence electrons. The molecule has 1 heterocycles. The molecule has 0 aromatic carbocycles. The Balaban J connectivity index is 1.45. The maximum atomic E-state index is 12.2. The molecular weight excluding hydrogens is 380 g/mol. The van der Waals surface area contributed by atoms with E-state index in [-0.39, 0.29) is 29.3 Å². The molecular formula is C24H36N2O4. The van der Waals surface area contributed by atoms with Gasteiger partial charge in [-0.25, -0.2) is 0 Å². The summed E-state index contributed by atoms with van der Waals surface area (Å²) in [6.07, 6.45) is 11.0. The Morgan fingerprint density at radius 3 is 2.67 bits per heavy atom. The number of likely N-dealkylation sites (N-methyl/N-ethyl adjacent to an activating group) is 1. The van der Waals surface area contributed by atoms with Crippen molar-refractivity contribution < 1.29 is 19.1 Å². The zero-order valence-electron chi connectivity index (χ0n) is 18.8. The summed E-state index contributed by atoms with van der Waals surface area (Å²) in [6, 6.07) is 0.318. The van der Waals surface area contributed by atoms with Crippen molar-refractivity contribution in [1.29, 1.82) is 0 Å². The van der Waals surface area contributed by atoms with Crippen molar-refractivity contribution in [1.82, 2.24) is 10.2 Å². The molecule has 0 saturated heterocycles. The molecule has 3 aliphatic carbocycles. The van der Waals surface area contributed by atoms with Gasteiger partial charge in [0.2, 0.25) is 5.91 Å². The third kappa shape index (κ3) is 3.36. The molecule has 0 aromatic rings. The fourth-order valence-electron chi connectivity index (χ4n) is 7.64. The van der Waals surface area contributed by atoms with Crippen LogP contribution in [-0.4, -0.2) is 48.9 Å². The highest BCUT2D eigenvalue weighted by Gasteiger charge is 2.60. The van der Waals surface area contributed by atoms with Crippen LogP contribution in [-0.2, 0) is 19.1 Å². The molecule has 0 aromatic heterocycles. The maximum absolute atomic E-state index is 12.2. The van der Waals surface area contributed by atoms with Gasteiger partial charge >= 0.3 is 5.97 Å². The second-order valence-corrected chi connectivity index (χ2v) is 10.5.